The van der Waals surface area contributed by atoms with Crippen LogP contribution in [0, 0.1) is 12.8 Å². The van der Waals surface area contributed by atoms with Crippen molar-refractivity contribution in [2.24, 2.45) is 5.92 Å². The Hall–Kier alpha value is -3.32. The van der Waals surface area contributed by atoms with Crippen molar-refractivity contribution in [1.82, 2.24) is 20.4 Å². The zero-order valence-corrected chi connectivity index (χ0v) is 26.4. The molecule has 3 aromatic rings. The van der Waals surface area contributed by atoms with Gasteiger partial charge in [0.2, 0.25) is 11.8 Å². The van der Waals surface area contributed by atoms with E-state index in [9.17, 15) is 14.7 Å². The molecule has 4 atom stereocenters. The highest BCUT2D eigenvalue weighted by Gasteiger charge is 2.43. The number of hydrogen-bond acceptors (Lipinski definition) is 10. The Balaban J connectivity index is 1.43. The molecule has 12 heteroatoms. The molecule has 1 aromatic carbocycles. The Morgan fingerprint density at radius 2 is 1.86 bits per heavy atom. The summed E-state index contributed by atoms with van der Waals surface area (Å²) < 4.78 is 22.2. The number of amides is 2. The topological polar surface area (TPSA) is 136 Å². The molecule has 0 radical (unpaired) electrons. The Morgan fingerprint density at radius 1 is 1.16 bits per heavy atom. The maximum absolute atomic E-state index is 13.9. The van der Waals surface area contributed by atoms with Gasteiger partial charge >= 0.3 is 0 Å². The van der Waals surface area contributed by atoms with Gasteiger partial charge in [0.25, 0.3) is 5.88 Å². The summed E-state index contributed by atoms with van der Waals surface area (Å²) in [5.74, 6) is -0.993. The van der Waals surface area contributed by atoms with Gasteiger partial charge in [-0.15, -0.1) is 11.3 Å². The van der Waals surface area contributed by atoms with E-state index in [1.807, 2.05) is 71.3 Å². The summed E-state index contributed by atoms with van der Waals surface area (Å²) >= 11 is 1.59. The van der Waals surface area contributed by atoms with E-state index >= 15 is 0 Å². The minimum atomic E-state index is -0.817. The summed E-state index contributed by atoms with van der Waals surface area (Å²) in [6.07, 6.45) is -1.21. The molecule has 0 spiro atoms. The minimum Gasteiger partial charge on any atom is -0.470 e. The summed E-state index contributed by atoms with van der Waals surface area (Å²) in [7, 11) is 0. The molecule has 1 aliphatic heterocycles. The number of thiazole rings is 1. The number of aliphatic hydroxyl groups excluding tert-OH is 1. The third kappa shape index (κ3) is 7.99. The molecule has 0 bridgehead atoms. The summed E-state index contributed by atoms with van der Waals surface area (Å²) in [6, 6.07) is 8.46. The van der Waals surface area contributed by atoms with Gasteiger partial charge in [0.1, 0.15) is 18.6 Å². The second-order valence-corrected chi connectivity index (χ2v) is 11.8. The number of likely N-dealkylation sites (tertiary alicyclic amines) is 1. The van der Waals surface area contributed by atoms with Crippen LogP contribution in [-0.2, 0) is 19.1 Å². The number of nitrogens with one attached hydrogen (secondary N) is 1. The molecule has 2 N–H and O–H groups in total. The minimum absolute atomic E-state index is 0.0549. The number of benzene rings is 1. The molecule has 2 amide bonds. The van der Waals surface area contributed by atoms with E-state index in [0.29, 0.717) is 19.0 Å². The number of carbonyl (C=O) groups excluding carboxylic acids is 2. The molecule has 43 heavy (non-hydrogen) atoms. The van der Waals surface area contributed by atoms with E-state index in [2.05, 4.69) is 15.5 Å². The van der Waals surface area contributed by atoms with Gasteiger partial charge in [0, 0.05) is 32.2 Å². The van der Waals surface area contributed by atoms with Crippen molar-refractivity contribution in [2.45, 2.75) is 78.4 Å². The van der Waals surface area contributed by atoms with Crippen LogP contribution >= 0.6 is 11.3 Å². The second-order valence-electron chi connectivity index (χ2n) is 11.0. The summed E-state index contributed by atoms with van der Waals surface area (Å²) in [5, 5.41) is 17.5. The van der Waals surface area contributed by atoms with Crippen molar-refractivity contribution >= 4 is 23.2 Å². The number of carbonyl (C=O) groups is 2. The standard InChI is InChI=1S/C31H42N4O7S/c1-7-39-27(40-8-2)16-41-26-14-25(42-34-26)28(18(3)4)31(38)35-15-23(36)13-24(35)30(37)33-19(5)21-9-11-22(12-10-21)29-20(6)32-17-43-29/h9-12,14,17-19,23-24,27-28,36H,7-8,13,15-16H2,1-6H3,(H,33,37)/t19?,23-,24+,28?/m1/s1. The van der Waals surface area contributed by atoms with E-state index in [4.69, 9.17) is 18.7 Å². The van der Waals surface area contributed by atoms with E-state index < -0.39 is 24.4 Å². The quantitative estimate of drug-likeness (QED) is 0.252. The van der Waals surface area contributed by atoms with Gasteiger partial charge in [0.15, 0.2) is 12.1 Å². The predicted octanol–water partition coefficient (Wildman–Crippen LogP) is 4.46. The number of aryl methyl sites for hydroxylation is 1. The number of rotatable bonds is 14. The lowest BCUT2D eigenvalue weighted by Gasteiger charge is -2.29. The Morgan fingerprint density at radius 3 is 2.47 bits per heavy atom. The van der Waals surface area contributed by atoms with E-state index in [0.717, 1.165) is 21.7 Å². The number of hydrogen-bond donors (Lipinski definition) is 2. The fourth-order valence-electron chi connectivity index (χ4n) is 5.27. The molecule has 2 aromatic heterocycles. The molecule has 1 saturated heterocycles. The smallest absolute Gasteiger partial charge is 0.254 e. The number of aliphatic hydroxyl groups is 1. The average molecular weight is 615 g/mol. The predicted molar refractivity (Wildman–Crippen MR) is 162 cm³/mol. The Kier molecular flexibility index (Phi) is 11.3. The van der Waals surface area contributed by atoms with Crippen LogP contribution in [0.5, 0.6) is 5.88 Å². The maximum Gasteiger partial charge on any atom is 0.254 e. The number of β-amino-alcohol motifs (C(OH)–C–C–N with tert-alkyl or cyclic N) is 1. The zero-order valence-electron chi connectivity index (χ0n) is 25.6. The molecule has 0 saturated carbocycles. The third-order valence-electron chi connectivity index (χ3n) is 7.46. The van der Waals surface area contributed by atoms with Crippen molar-refractivity contribution in [3.05, 3.63) is 52.9 Å². The van der Waals surface area contributed by atoms with E-state index in [1.165, 1.54) is 4.90 Å². The van der Waals surface area contributed by atoms with Crippen molar-refractivity contribution in [1.29, 1.82) is 0 Å². The average Bonchev–Trinajstić information content (AvgIpc) is 3.72. The molecule has 0 aliphatic carbocycles. The largest absolute Gasteiger partial charge is 0.470 e. The molecule has 234 valence electrons. The van der Waals surface area contributed by atoms with Gasteiger partial charge in [-0.2, -0.15) is 0 Å². The molecular formula is C31H42N4O7S. The lowest BCUT2D eigenvalue weighted by atomic mass is 9.91. The summed E-state index contributed by atoms with van der Waals surface area (Å²) in [5.41, 5.74) is 4.81. The monoisotopic (exact) mass is 614 g/mol. The fraction of sp³-hybridized carbons (Fsp3) is 0.548. The summed E-state index contributed by atoms with van der Waals surface area (Å²) in [6.45, 7) is 12.5. The first-order valence-electron chi connectivity index (χ1n) is 14.7. The highest BCUT2D eigenvalue weighted by molar-refractivity contribution is 7.13. The number of nitrogens with zero attached hydrogens (tertiary/aromatic N) is 3. The highest BCUT2D eigenvalue weighted by Crippen LogP contribution is 2.33. The molecule has 4 rings (SSSR count). The van der Waals surface area contributed by atoms with Gasteiger partial charge in [0.05, 0.1) is 28.2 Å². The van der Waals surface area contributed by atoms with Crippen molar-refractivity contribution in [3.8, 4) is 16.3 Å². The van der Waals surface area contributed by atoms with Crippen LogP contribution in [0.1, 0.15) is 70.0 Å². The first-order chi connectivity index (χ1) is 20.6. The van der Waals surface area contributed by atoms with Crippen LogP contribution in [0.2, 0.25) is 0 Å². The van der Waals surface area contributed by atoms with Gasteiger partial charge < -0.3 is 34.1 Å². The van der Waals surface area contributed by atoms with Crippen molar-refractivity contribution in [2.75, 3.05) is 26.4 Å². The van der Waals surface area contributed by atoms with Crippen molar-refractivity contribution in [3.63, 3.8) is 0 Å². The van der Waals surface area contributed by atoms with Gasteiger partial charge in [-0.05, 0) is 49.9 Å². The van der Waals surface area contributed by atoms with E-state index in [1.54, 1.807) is 17.4 Å². The Labute approximate surface area is 256 Å². The normalized spacial score (nSPS) is 18.3. The number of aromatic nitrogens is 2. The van der Waals surface area contributed by atoms with Crippen molar-refractivity contribution < 1.29 is 33.4 Å². The van der Waals surface area contributed by atoms with Crippen LogP contribution in [0.15, 0.2) is 40.4 Å². The third-order valence-corrected chi connectivity index (χ3v) is 8.44. The molecule has 11 nitrogen and oxygen atoms in total. The molecule has 3 heterocycles. The van der Waals surface area contributed by atoms with Crippen LogP contribution in [-0.4, -0.2) is 76.8 Å². The fourth-order valence-corrected chi connectivity index (χ4v) is 6.08. The Bertz CT molecular complexity index is 1340. The van der Waals surface area contributed by atoms with E-state index in [-0.39, 0.29) is 49.2 Å². The lowest BCUT2D eigenvalue weighted by molar-refractivity contribution is -0.153. The summed E-state index contributed by atoms with van der Waals surface area (Å²) in [4.78, 5) is 34.2. The van der Waals surface area contributed by atoms with Crippen LogP contribution < -0.4 is 10.1 Å². The lowest BCUT2D eigenvalue weighted by Crippen LogP contribution is -2.48. The SMILES string of the molecule is CCOC(COc1cc(C(C(=O)N2C[C@H](O)C[C@H]2C(=O)NC(C)c2ccc(-c3scnc3C)cc2)C(C)C)on1)OCC. The first-order valence-corrected chi connectivity index (χ1v) is 15.6. The van der Waals surface area contributed by atoms with Crippen LogP contribution in [0.3, 0.4) is 0 Å². The van der Waals surface area contributed by atoms with Crippen LogP contribution in [0.4, 0.5) is 0 Å². The van der Waals surface area contributed by atoms with Gasteiger partial charge in [-0.3, -0.25) is 9.59 Å². The van der Waals surface area contributed by atoms with Crippen LogP contribution in [0.25, 0.3) is 10.4 Å². The molecular weight excluding hydrogens is 572 g/mol. The van der Waals surface area contributed by atoms with Gasteiger partial charge in [-0.25, -0.2) is 4.98 Å². The second kappa shape index (κ2) is 14.9. The van der Waals surface area contributed by atoms with Gasteiger partial charge in [-0.1, -0.05) is 38.1 Å². The zero-order chi connectivity index (χ0) is 31.1. The maximum atomic E-state index is 13.9. The first kappa shape index (κ1) is 32.6. The highest BCUT2D eigenvalue weighted by atomic mass is 32.1. The molecule has 1 aliphatic rings. The molecule has 1 fully saturated rings. The number of ether oxygens (including phenoxy) is 3. The molecule has 2 unspecified atom stereocenters.